The molecule has 7 nitrogen and oxygen atoms in total. The van der Waals surface area contributed by atoms with Crippen molar-refractivity contribution in [2.45, 2.75) is 31.9 Å². The molecule has 3 heterocycles. The van der Waals surface area contributed by atoms with Gasteiger partial charge in [0.05, 0.1) is 6.20 Å². The maximum Gasteiger partial charge on any atom is 0.228 e. The molecule has 0 spiro atoms. The first kappa shape index (κ1) is 16.9. The van der Waals surface area contributed by atoms with Crippen molar-refractivity contribution >= 4 is 0 Å². The van der Waals surface area contributed by atoms with Crippen LogP contribution in [0.1, 0.15) is 29.7 Å². The van der Waals surface area contributed by atoms with Crippen molar-refractivity contribution in [1.29, 1.82) is 0 Å². The summed E-state index contributed by atoms with van der Waals surface area (Å²) in [5, 5.41) is 12.0. The molecule has 26 heavy (non-hydrogen) atoms. The molecule has 0 aliphatic carbocycles. The smallest absolute Gasteiger partial charge is 0.228 e. The zero-order valence-corrected chi connectivity index (χ0v) is 15.1. The molecule has 0 radical (unpaired) electrons. The molecule has 1 aliphatic rings. The van der Waals surface area contributed by atoms with E-state index in [1.165, 1.54) is 0 Å². The highest BCUT2D eigenvalue weighted by atomic mass is 16.5. The fraction of sp³-hybridized carbons (Fsp3) is 0.421. The highest BCUT2D eigenvalue weighted by Crippen LogP contribution is 2.30. The second-order valence-electron chi connectivity index (χ2n) is 6.58. The average molecular weight is 353 g/mol. The van der Waals surface area contributed by atoms with Crippen LogP contribution in [0.25, 0.3) is 11.4 Å². The van der Waals surface area contributed by atoms with Crippen LogP contribution >= 0.6 is 0 Å². The van der Waals surface area contributed by atoms with E-state index in [2.05, 4.69) is 27.5 Å². The summed E-state index contributed by atoms with van der Waals surface area (Å²) in [5.74, 6) is 1.28. The van der Waals surface area contributed by atoms with Gasteiger partial charge >= 0.3 is 0 Å². The topological polar surface area (TPSA) is 78.0 Å². The number of aromatic nitrogens is 4. The van der Waals surface area contributed by atoms with E-state index >= 15 is 0 Å². The van der Waals surface area contributed by atoms with Crippen LogP contribution in [0.3, 0.4) is 0 Å². The van der Waals surface area contributed by atoms with Crippen LogP contribution in [0.2, 0.25) is 0 Å². The lowest BCUT2D eigenvalue weighted by Crippen LogP contribution is -2.33. The Morgan fingerprint density at radius 2 is 2.12 bits per heavy atom. The third-order valence-electron chi connectivity index (χ3n) is 4.92. The van der Waals surface area contributed by atoms with Gasteiger partial charge in [-0.3, -0.25) is 4.68 Å². The van der Waals surface area contributed by atoms with Gasteiger partial charge in [0.1, 0.15) is 6.10 Å². The molecule has 136 valence electrons. The quantitative estimate of drug-likeness (QED) is 0.733. The van der Waals surface area contributed by atoms with Gasteiger partial charge in [0.15, 0.2) is 0 Å². The summed E-state index contributed by atoms with van der Waals surface area (Å²) in [4.78, 5) is 4.48. The van der Waals surface area contributed by atoms with E-state index in [0.717, 1.165) is 36.4 Å². The fourth-order valence-electron chi connectivity index (χ4n) is 3.33. The molecule has 1 saturated heterocycles. The largest absolute Gasteiger partial charge is 0.372 e. The van der Waals surface area contributed by atoms with Gasteiger partial charge in [-0.05, 0) is 13.3 Å². The minimum Gasteiger partial charge on any atom is -0.372 e. The average Bonchev–Trinajstić information content (AvgIpc) is 3.38. The summed E-state index contributed by atoms with van der Waals surface area (Å²) in [6, 6.07) is 10.1. The lowest BCUT2D eigenvalue weighted by molar-refractivity contribution is 0.0982. The van der Waals surface area contributed by atoms with Crippen molar-refractivity contribution < 1.29 is 9.26 Å². The van der Waals surface area contributed by atoms with Crippen LogP contribution in [-0.4, -0.2) is 39.1 Å². The Morgan fingerprint density at radius 3 is 2.88 bits per heavy atom. The number of aryl methyl sites for hydroxylation is 1. The molecule has 1 aliphatic heterocycles. The molecular weight excluding hydrogens is 330 g/mol. The molecule has 3 aromatic rings. The maximum absolute atomic E-state index is 5.94. The summed E-state index contributed by atoms with van der Waals surface area (Å²) in [7, 11) is 1.95. The second-order valence-corrected chi connectivity index (χ2v) is 6.58. The van der Waals surface area contributed by atoms with Crippen LogP contribution in [-0.2, 0) is 18.2 Å². The Kier molecular flexibility index (Phi) is 4.81. The standard InChI is InChI=1S/C19H23N5O2/c1-13-15(12-21-24(13)2)18-16(9-11-25-18)20-10-8-17-22-19(23-26-17)14-6-4-3-5-7-14/h3-7,12,16,18,20H,8-11H2,1-2H3/t16-,18+/m0/s1. The first-order valence-corrected chi connectivity index (χ1v) is 8.94. The molecule has 0 amide bonds. The van der Waals surface area contributed by atoms with E-state index in [4.69, 9.17) is 9.26 Å². The van der Waals surface area contributed by atoms with Crippen molar-refractivity contribution in [3.63, 3.8) is 0 Å². The highest BCUT2D eigenvalue weighted by molar-refractivity contribution is 5.53. The van der Waals surface area contributed by atoms with E-state index in [-0.39, 0.29) is 12.1 Å². The molecule has 1 N–H and O–H groups in total. The predicted octanol–water partition coefficient (Wildman–Crippen LogP) is 2.44. The molecule has 2 atom stereocenters. The van der Waals surface area contributed by atoms with Gasteiger partial charge in [-0.1, -0.05) is 35.5 Å². The van der Waals surface area contributed by atoms with Gasteiger partial charge in [0.2, 0.25) is 11.7 Å². The number of hydrogen-bond donors (Lipinski definition) is 1. The van der Waals surface area contributed by atoms with Gasteiger partial charge in [-0.25, -0.2) is 0 Å². The van der Waals surface area contributed by atoms with Crippen LogP contribution in [0.5, 0.6) is 0 Å². The van der Waals surface area contributed by atoms with Gasteiger partial charge in [-0.15, -0.1) is 0 Å². The molecule has 1 fully saturated rings. The van der Waals surface area contributed by atoms with E-state index < -0.39 is 0 Å². The molecule has 4 rings (SSSR count). The van der Waals surface area contributed by atoms with E-state index in [9.17, 15) is 0 Å². The normalized spacial score (nSPS) is 19.9. The summed E-state index contributed by atoms with van der Waals surface area (Å²) in [6.07, 6.45) is 3.63. The monoisotopic (exact) mass is 353 g/mol. The third-order valence-corrected chi connectivity index (χ3v) is 4.92. The van der Waals surface area contributed by atoms with Crippen LogP contribution < -0.4 is 5.32 Å². The third kappa shape index (κ3) is 3.40. The Labute approximate surface area is 152 Å². The van der Waals surface area contributed by atoms with Gasteiger partial charge < -0.3 is 14.6 Å². The lowest BCUT2D eigenvalue weighted by atomic mass is 10.0. The molecule has 0 saturated carbocycles. The van der Waals surface area contributed by atoms with Gasteiger partial charge in [-0.2, -0.15) is 10.1 Å². The lowest BCUT2D eigenvalue weighted by Gasteiger charge is -2.19. The molecule has 2 aromatic heterocycles. The highest BCUT2D eigenvalue weighted by Gasteiger charge is 2.31. The Hall–Kier alpha value is -2.51. The Bertz CT molecular complexity index is 858. The Morgan fingerprint density at radius 1 is 1.27 bits per heavy atom. The van der Waals surface area contributed by atoms with Crippen molar-refractivity contribution in [3.8, 4) is 11.4 Å². The number of nitrogens with one attached hydrogen (secondary N) is 1. The number of nitrogens with zero attached hydrogens (tertiary/aromatic N) is 4. The van der Waals surface area contributed by atoms with Crippen LogP contribution in [0.4, 0.5) is 0 Å². The zero-order chi connectivity index (χ0) is 17.9. The van der Waals surface area contributed by atoms with E-state index in [1.54, 1.807) is 0 Å². The number of rotatable bonds is 6. The maximum atomic E-state index is 5.94. The summed E-state index contributed by atoms with van der Waals surface area (Å²) >= 11 is 0. The summed E-state index contributed by atoms with van der Waals surface area (Å²) in [6.45, 7) is 3.60. The fourth-order valence-corrected chi connectivity index (χ4v) is 3.33. The summed E-state index contributed by atoms with van der Waals surface area (Å²) < 4.78 is 13.2. The SMILES string of the molecule is Cc1c([C@H]2OCC[C@@H]2NCCc2nc(-c3ccccc3)no2)cnn1C. The number of benzene rings is 1. The number of hydrogen-bond acceptors (Lipinski definition) is 6. The molecular formula is C19H23N5O2. The zero-order valence-electron chi connectivity index (χ0n) is 15.1. The predicted molar refractivity (Wildman–Crippen MR) is 96.5 cm³/mol. The molecule has 0 bridgehead atoms. The van der Waals surface area contributed by atoms with E-state index in [0.29, 0.717) is 18.1 Å². The Balaban J connectivity index is 1.34. The van der Waals surface area contributed by atoms with Gasteiger partial charge in [0, 0.05) is 49.5 Å². The number of ether oxygens (including phenoxy) is 1. The minimum atomic E-state index is 0.0475. The van der Waals surface area contributed by atoms with Crippen molar-refractivity contribution in [2.24, 2.45) is 7.05 Å². The molecule has 1 aromatic carbocycles. The molecule has 7 heteroatoms. The van der Waals surface area contributed by atoms with Gasteiger partial charge in [0.25, 0.3) is 0 Å². The van der Waals surface area contributed by atoms with Crippen LogP contribution in [0, 0.1) is 6.92 Å². The second kappa shape index (κ2) is 7.39. The first-order valence-electron chi connectivity index (χ1n) is 8.94. The minimum absolute atomic E-state index is 0.0475. The first-order chi connectivity index (χ1) is 12.7. The van der Waals surface area contributed by atoms with E-state index in [1.807, 2.05) is 48.3 Å². The molecule has 0 unspecified atom stereocenters. The summed E-state index contributed by atoms with van der Waals surface area (Å²) in [5.41, 5.74) is 3.27. The van der Waals surface area contributed by atoms with Crippen LogP contribution in [0.15, 0.2) is 41.1 Å². The van der Waals surface area contributed by atoms with Crippen molar-refractivity contribution in [1.82, 2.24) is 25.2 Å². The van der Waals surface area contributed by atoms with Crippen molar-refractivity contribution in [2.75, 3.05) is 13.2 Å². The van der Waals surface area contributed by atoms with Crippen molar-refractivity contribution in [3.05, 3.63) is 53.7 Å².